The number of halogens is 1. The van der Waals surface area contributed by atoms with Crippen molar-refractivity contribution >= 4 is 45.0 Å². The van der Waals surface area contributed by atoms with Gasteiger partial charge in [0.15, 0.2) is 0 Å². The van der Waals surface area contributed by atoms with E-state index in [4.69, 9.17) is 16.7 Å². The fourth-order valence-corrected chi connectivity index (χ4v) is 4.51. The Bertz CT molecular complexity index is 965. The molecule has 1 aromatic carbocycles. The van der Waals surface area contributed by atoms with Crippen molar-refractivity contribution in [1.82, 2.24) is 15.6 Å². The minimum atomic E-state index is -0.590. The van der Waals surface area contributed by atoms with Gasteiger partial charge in [-0.05, 0) is 29.7 Å². The molecule has 0 unspecified atom stereocenters. The van der Waals surface area contributed by atoms with E-state index in [0.717, 1.165) is 21.3 Å². The summed E-state index contributed by atoms with van der Waals surface area (Å²) >= 11 is 7.34. The summed E-state index contributed by atoms with van der Waals surface area (Å²) in [4.78, 5) is 28.3. The molecule has 2 atom stereocenters. The molecule has 0 saturated carbocycles. The average Bonchev–Trinajstić information content (AvgIpc) is 3.26. The molecule has 8 heteroatoms. The zero-order valence-electron chi connectivity index (χ0n) is 13.6. The van der Waals surface area contributed by atoms with Crippen LogP contribution in [0.25, 0.3) is 10.2 Å². The second-order valence-electron chi connectivity index (χ2n) is 6.20. The highest BCUT2D eigenvalue weighted by Gasteiger charge is 2.34. The van der Waals surface area contributed by atoms with Gasteiger partial charge in [-0.1, -0.05) is 35.9 Å². The molecule has 0 aliphatic heterocycles. The summed E-state index contributed by atoms with van der Waals surface area (Å²) in [6.45, 7) is -0.590. The first-order chi connectivity index (χ1) is 12.5. The Morgan fingerprint density at radius 1 is 1.27 bits per heavy atom. The molecule has 6 nitrogen and oxygen atoms in total. The van der Waals surface area contributed by atoms with E-state index in [9.17, 15) is 9.59 Å². The van der Waals surface area contributed by atoms with Gasteiger partial charge in [0.05, 0.1) is 16.4 Å². The van der Waals surface area contributed by atoms with Crippen molar-refractivity contribution in [2.45, 2.75) is 18.5 Å². The monoisotopic (exact) mass is 389 g/mol. The lowest BCUT2D eigenvalue weighted by molar-refractivity contribution is -0.124. The topological polar surface area (TPSA) is 94.2 Å². The molecule has 0 radical (unpaired) electrons. The van der Waals surface area contributed by atoms with Crippen molar-refractivity contribution in [3.05, 3.63) is 57.6 Å². The van der Waals surface area contributed by atoms with Gasteiger partial charge < -0.3 is 20.7 Å². The van der Waals surface area contributed by atoms with Gasteiger partial charge in [-0.25, -0.2) is 0 Å². The van der Waals surface area contributed by atoms with Gasteiger partial charge in [-0.15, -0.1) is 11.3 Å². The van der Waals surface area contributed by atoms with E-state index in [0.29, 0.717) is 16.5 Å². The van der Waals surface area contributed by atoms with Crippen molar-refractivity contribution in [2.75, 3.05) is 6.61 Å². The van der Waals surface area contributed by atoms with Crippen molar-refractivity contribution in [3.63, 3.8) is 0 Å². The maximum Gasteiger partial charge on any atom is 0.268 e. The van der Waals surface area contributed by atoms with Crippen molar-refractivity contribution < 1.29 is 14.7 Å². The predicted molar refractivity (Wildman–Crippen MR) is 101 cm³/mol. The Labute approximate surface area is 158 Å². The molecule has 26 heavy (non-hydrogen) atoms. The number of fused-ring (bicyclic) bond motifs is 2. The predicted octanol–water partition coefficient (Wildman–Crippen LogP) is 2.39. The van der Waals surface area contributed by atoms with E-state index < -0.39 is 12.5 Å². The third kappa shape index (κ3) is 3.09. The van der Waals surface area contributed by atoms with E-state index in [1.807, 2.05) is 30.3 Å². The van der Waals surface area contributed by atoms with Gasteiger partial charge in [0.1, 0.15) is 17.1 Å². The van der Waals surface area contributed by atoms with Crippen molar-refractivity contribution in [1.29, 1.82) is 0 Å². The van der Waals surface area contributed by atoms with E-state index >= 15 is 0 Å². The number of aromatic nitrogens is 1. The summed E-state index contributed by atoms with van der Waals surface area (Å²) in [5, 5.41) is 15.7. The summed E-state index contributed by atoms with van der Waals surface area (Å²) in [5.74, 6) is -0.716. The minimum Gasteiger partial charge on any atom is -0.387 e. The molecule has 0 bridgehead atoms. The summed E-state index contributed by atoms with van der Waals surface area (Å²) in [6, 6.07) is 10.6. The van der Waals surface area contributed by atoms with Crippen LogP contribution in [0.15, 0.2) is 36.4 Å². The summed E-state index contributed by atoms with van der Waals surface area (Å²) in [5.41, 5.74) is 2.48. The van der Waals surface area contributed by atoms with Crippen LogP contribution in [0.3, 0.4) is 0 Å². The van der Waals surface area contributed by atoms with Crippen LogP contribution in [0.2, 0.25) is 4.34 Å². The Kier molecular flexibility index (Phi) is 4.44. The van der Waals surface area contributed by atoms with Crippen LogP contribution in [-0.2, 0) is 11.2 Å². The van der Waals surface area contributed by atoms with Crippen LogP contribution >= 0.6 is 22.9 Å². The number of aliphatic hydroxyl groups excluding tert-OH is 1. The third-order valence-electron chi connectivity index (χ3n) is 4.53. The second kappa shape index (κ2) is 6.75. The van der Waals surface area contributed by atoms with Gasteiger partial charge >= 0.3 is 0 Å². The molecule has 4 rings (SSSR count). The van der Waals surface area contributed by atoms with Crippen LogP contribution in [0.5, 0.6) is 0 Å². The number of rotatable bonds is 4. The van der Waals surface area contributed by atoms with Gasteiger partial charge in [0.2, 0.25) is 5.91 Å². The fourth-order valence-electron chi connectivity index (χ4n) is 3.39. The van der Waals surface area contributed by atoms with Gasteiger partial charge in [-0.2, -0.15) is 0 Å². The lowest BCUT2D eigenvalue weighted by Gasteiger charge is -2.22. The highest BCUT2D eigenvalue weighted by Crippen LogP contribution is 2.32. The molecular formula is C18H16ClN3O3S. The Hall–Kier alpha value is -2.35. The number of hydrogen-bond donors (Lipinski definition) is 4. The quantitative estimate of drug-likeness (QED) is 0.552. The zero-order chi connectivity index (χ0) is 18.3. The van der Waals surface area contributed by atoms with E-state index in [1.54, 1.807) is 6.07 Å². The Morgan fingerprint density at radius 2 is 2.08 bits per heavy atom. The summed E-state index contributed by atoms with van der Waals surface area (Å²) < 4.78 is 0.663. The molecule has 1 aliphatic carbocycles. The summed E-state index contributed by atoms with van der Waals surface area (Å²) in [7, 11) is 0. The maximum atomic E-state index is 12.7. The molecule has 1 aliphatic rings. The van der Waals surface area contributed by atoms with Crippen LogP contribution in [0.1, 0.15) is 27.7 Å². The van der Waals surface area contributed by atoms with E-state index in [1.165, 1.54) is 11.3 Å². The maximum absolute atomic E-state index is 12.7. The SMILES string of the molecule is O=C(CO)N[C@H]1c2ccccc2C[C@H]1NC(=O)c1cc2cc(Cl)sc2[nH]1. The average molecular weight is 390 g/mol. The third-order valence-corrected chi connectivity index (χ3v) is 5.73. The highest BCUT2D eigenvalue weighted by molar-refractivity contribution is 7.22. The first-order valence-electron chi connectivity index (χ1n) is 8.12. The molecule has 0 saturated heterocycles. The van der Waals surface area contributed by atoms with Gasteiger partial charge in [-0.3, -0.25) is 9.59 Å². The molecule has 0 fully saturated rings. The molecular weight excluding hydrogens is 374 g/mol. The number of carbonyl (C=O) groups excluding carboxylic acids is 2. The van der Waals surface area contributed by atoms with Crippen LogP contribution < -0.4 is 10.6 Å². The molecule has 3 aromatic rings. The normalized spacial score (nSPS) is 18.7. The van der Waals surface area contributed by atoms with Gasteiger partial charge in [0.25, 0.3) is 5.91 Å². The number of thiophene rings is 1. The number of carbonyl (C=O) groups is 2. The van der Waals surface area contributed by atoms with E-state index in [-0.39, 0.29) is 18.0 Å². The van der Waals surface area contributed by atoms with E-state index in [2.05, 4.69) is 15.6 Å². The fraction of sp³-hybridized carbons (Fsp3) is 0.222. The summed E-state index contributed by atoms with van der Waals surface area (Å²) in [6.07, 6.45) is 0.610. The molecule has 4 N–H and O–H groups in total. The smallest absolute Gasteiger partial charge is 0.268 e. The first kappa shape index (κ1) is 17.1. The largest absolute Gasteiger partial charge is 0.387 e. The lowest BCUT2D eigenvalue weighted by Crippen LogP contribution is -2.45. The van der Waals surface area contributed by atoms with Crippen LogP contribution in [-0.4, -0.2) is 34.6 Å². The van der Waals surface area contributed by atoms with Crippen molar-refractivity contribution in [3.8, 4) is 0 Å². The number of aliphatic hydroxyl groups is 1. The number of H-pyrrole nitrogens is 1. The number of amides is 2. The molecule has 2 amide bonds. The van der Waals surface area contributed by atoms with Crippen LogP contribution in [0.4, 0.5) is 0 Å². The molecule has 134 valence electrons. The van der Waals surface area contributed by atoms with Crippen molar-refractivity contribution in [2.24, 2.45) is 0 Å². The molecule has 2 aromatic heterocycles. The second-order valence-corrected chi connectivity index (χ2v) is 7.89. The molecule has 2 heterocycles. The number of nitrogens with one attached hydrogen (secondary N) is 3. The minimum absolute atomic E-state index is 0.245. The Morgan fingerprint density at radius 3 is 2.85 bits per heavy atom. The zero-order valence-corrected chi connectivity index (χ0v) is 15.2. The highest BCUT2D eigenvalue weighted by atomic mass is 35.5. The number of aromatic amines is 1. The number of benzene rings is 1. The van der Waals surface area contributed by atoms with Gasteiger partial charge in [0, 0.05) is 5.39 Å². The van der Waals surface area contributed by atoms with Crippen LogP contribution in [0, 0.1) is 0 Å². The standard InChI is InChI=1S/C18H16ClN3O3S/c19-14-7-10-6-13(21-18(10)26-14)17(25)20-12-5-9-3-1-2-4-11(9)16(12)22-15(24)8-23/h1-4,6-7,12,16,21,23H,5,8H2,(H,20,25)(H,22,24)/t12-,16+/m1/s1. The Balaban J connectivity index is 1.56. The number of hydrogen-bond acceptors (Lipinski definition) is 4. The first-order valence-corrected chi connectivity index (χ1v) is 9.31. The lowest BCUT2D eigenvalue weighted by atomic mass is 10.1. The molecule has 0 spiro atoms.